The van der Waals surface area contributed by atoms with Gasteiger partial charge in [-0.2, -0.15) is 0 Å². The van der Waals surface area contributed by atoms with E-state index in [4.69, 9.17) is 0 Å². The van der Waals surface area contributed by atoms with Gasteiger partial charge in [-0.3, -0.25) is 4.90 Å². The fourth-order valence-electron chi connectivity index (χ4n) is 2.56. The molecule has 0 aliphatic carbocycles. The Morgan fingerprint density at radius 3 is 2.92 bits per heavy atom. The van der Waals surface area contributed by atoms with Crippen molar-refractivity contribution in [3.63, 3.8) is 0 Å². The molecule has 2 aliphatic heterocycles. The molecule has 2 aliphatic rings. The molecule has 0 saturated carbocycles. The Morgan fingerprint density at radius 2 is 2.25 bits per heavy atom. The summed E-state index contributed by atoms with van der Waals surface area (Å²) in [4.78, 5) is 2.57. The lowest BCUT2D eigenvalue weighted by Crippen LogP contribution is -2.47. The SMILES string of the molecule is CC1=CCN2CCC(C)(C)C1C2. The zero-order valence-corrected chi connectivity index (χ0v) is 8.43. The van der Waals surface area contributed by atoms with Gasteiger partial charge in [0.15, 0.2) is 0 Å². The minimum atomic E-state index is 0.539. The van der Waals surface area contributed by atoms with Gasteiger partial charge < -0.3 is 0 Å². The highest BCUT2D eigenvalue weighted by molar-refractivity contribution is 5.14. The predicted molar refractivity (Wildman–Crippen MR) is 52.1 cm³/mol. The number of piperidine rings is 1. The van der Waals surface area contributed by atoms with E-state index in [-0.39, 0.29) is 0 Å². The summed E-state index contributed by atoms with van der Waals surface area (Å²) in [7, 11) is 0. The van der Waals surface area contributed by atoms with Gasteiger partial charge in [-0.25, -0.2) is 0 Å². The Labute approximate surface area is 75.4 Å². The molecule has 2 bridgehead atoms. The third-order valence-corrected chi connectivity index (χ3v) is 3.68. The third-order valence-electron chi connectivity index (χ3n) is 3.68. The second-order valence-corrected chi connectivity index (χ2v) is 5.00. The van der Waals surface area contributed by atoms with Crippen molar-refractivity contribution in [1.29, 1.82) is 0 Å². The van der Waals surface area contributed by atoms with Gasteiger partial charge in [-0.1, -0.05) is 25.5 Å². The second-order valence-electron chi connectivity index (χ2n) is 5.00. The van der Waals surface area contributed by atoms with Crippen LogP contribution in [0.2, 0.25) is 0 Å². The van der Waals surface area contributed by atoms with E-state index in [1.165, 1.54) is 26.1 Å². The van der Waals surface area contributed by atoms with Gasteiger partial charge in [0.1, 0.15) is 0 Å². The molecule has 12 heavy (non-hydrogen) atoms. The van der Waals surface area contributed by atoms with E-state index < -0.39 is 0 Å². The van der Waals surface area contributed by atoms with Crippen LogP contribution in [0.4, 0.5) is 0 Å². The number of rotatable bonds is 0. The zero-order chi connectivity index (χ0) is 8.77. The van der Waals surface area contributed by atoms with Gasteiger partial charge in [0.2, 0.25) is 0 Å². The minimum absolute atomic E-state index is 0.539. The molecular formula is C11H19N. The molecule has 2 unspecified atom stereocenters. The maximum absolute atomic E-state index is 2.57. The molecule has 0 amide bonds. The quantitative estimate of drug-likeness (QED) is 0.498. The van der Waals surface area contributed by atoms with E-state index in [1.807, 2.05) is 0 Å². The van der Waals surface area contributed by atoms with E-state index in [0.717, 1.165) is 5.92 Å². The van der Waals surface area contributed by atoms with Crippen LogP contribution in [-0.4, -0.2) is 24.5 Å². The van der Waals surface area contributed by atoms with Gasteiger partial charge in [0.05, 0.1) is 0 Å². The molecule has 1 fully saturated rings. The first kappa shape index (κ1) is 8.31. The van der Waals surface area contributed by atoms with E-state index in [0.29, 0.717) is 5.41 Å². The lowest BCUT2D eigenvalue weighted by atomic mass is 9.69. The van der Waals surface area contributed by atoms with Crippen LogP contribution in [0, 0.1) is 11.3 Å². The van der Waals surface area contributed by atoms with Crippen LogP contribution in [0.15, 0.2) is 11.6 Å². The van der Waals surface area contributed by atoms with Gasteiger partial charge in [-0.05, 0) is 31.2 Å². The van der Waals surface area contributed by atoms with E-state index >= 15 is 0 Å². The van der Waals surface area contributed by atoms with Crippen LogP contribution in [-0.2, 0) is 0 Å². The average molecular weight is 165 g/mol. The number of fused-ring (bicyclic) bond motifs is 2. The first-order valence-corrected chi connectivity index (χ1v) is 4.98. The Morgan fingerprint density at radius 1 is 1.50 bits per heavy atom. The summed E-state index contributed by atoms with van der Waals surface area (Å²) in [5.74, 6) is 0.819. The van der Waals surface area contributed by atoms with Crippen molar-refractivity contribution in [2.45, 2.75) is 27.2 Å². The molecule has 0 radical (unpaired) electrons. The normalized spacial score (nSPS) is 39.1. The minimum Gasteiger partial charge on any atom is -0.299 e. The number of nitrogens with zero attached hydrogens (tertiary/aromatic N) is 1. The van der Waals surface area contributed by atoms with Crippen molar-refractivity contribution in [3.8, 4) is 0 Å². The first-order valence-electron chi connectivity index (χ1n) is 4.98. The standard InChI is InChI=1S/C11H19N/c1-9-4-6-12-7-5-11(2,3)10(9)8-12/h4,10H,5-8H2,1-3H3. The van der Waals surface area contributed by atoms with Crippen molar-refractivity contribution >= 4 is 0 Å². The van der Waals surface area contributed by atoms with E-state index in [9.17, 15) is 0 Å². The second kappa shape index (κ2) is 2.59. The zero-order valence-electron chi connectivity index (χ0n) is 8.43. The lowest BCUT2D eigenvalue weighted by molar-refractivity contribution is 0.0780. The van der Waals surface area contributed by atoms with Crippen LogP contribution >= 0.6 is 0 Å². The van der Waals surface area contributed by atoms with Crippen molar-refractivity contribution < 1.29 is 0 Å². The third kappa shape index (κ3) is 1.20. The summed E-state index contributed by atoms with van der Waals surface area (Å²) in [6, 6.07) is 0. The van der Waals surface area contributed by atoms with Gasteiger partial charge in [0, 0.05) is 13.1 Å². The topological polar surface area (TPSA) is 3.24 Å². The Kier molecular flexibility index (Phi) is 1.80. The average Bonchev–Trinajstić information content (AvgIpc) is 2.02. The summed E-state index contributed by atoms with van der Waals surface area (Å²) in [5, 5.41) is 0. The van der Waals surface area contributed by atoms with Crippen LogP contribution in [0.3, 0.4) is 0 Å². The van der Waals surface area contributed by atoms with Crippen LogP contribution in [0.1, 0.15) is 27.2 Å². The lowest BCUT2D eigenvalue weighted by Gasteiger charge is -2.47. The largest absolute Gasteiger partial charge is 0.299 e. The van der Waals surface area contributed by atoms with Crippen LogP contribution in [0.5, 0.6) is 0 Å². The summed E-state index contributed by atoms with van der Waals surface area (Å²) in [6.45, 7) is 10.9. The van der Waals surface area contributed by atoms with Crippen molar-refractivity contribution in [2.75, 3.05) is 19.6 Å². The van der Waals surface area contributed by atoms with E-state index in [2.05, 4.69) is 31.7 Å². The summed E-state index contributed by atoms with van der Waals surface area (Å²) in [6.07, 6.45) is 3.78. The fourth-order valence-corrected chi connectivity index (χ4v) is 2.56. The molecule has 2 rings (SSSR count). The molecule has 0 spiro atoms. The molecule has 0 aromatic carbocycles. The smallest absolute Gasteiger partial charge is 0.0166 e. The van der Waals surface area contributed by atoms with Crippen LogP contribution in [0.25, 0.3) is 0 Å². The molecule has 1 heteroatoms. The summed E-state index contributed by atoms with van der Waals surface area (Å²) in [5.41, 5.74) is 2.16. The van der Waals surface area contributed by atoms with Crippen molar-refractivity contribution in [1.82, 2.24) is 4.90 Å². The molecule has 2 atom stereocenters. The highest BCUT2D eigenvalue weighted by Gasteiger charge is 2.37. The number of hydrogen-bond donors (Lipinski definition) is 0. The Balaban J connectivity index is 2.26. The maximum atomic E-state index is 2.57. The van der Waals surface area contributed by atoms with Crippen molar-refractivity contribution in [3.05, 3.63) is 11.6 Å². The number of hydrogen-bond acceptors (Lipinski definition) is 1. The van der Waals surface area contributed by atoms with Crippen molar-refractivity contribution in [2.24, 2.45) is 11.3 Å². The molecule has 0 aromatic heterocycles. The fraction of sp³-hybridized carbons (Fsp3) is 0.818. The molecule has 68 valence electrons. The molecule has 1 saturated heterocycles. The summed E-state index contributed by atoms with van der Waals surface area (Å²) >= 11 is 0. The molecule has 0 N–H and O–H groups in total. The molecule has 0 aromatic rings. The summed E-state index contributed by atoms with van der Waals surface area (Å²) < 4.78 is 0. The van der Waals surface area contributed by atoms with E-state index in [1.54, 1.807) is 5.57 Å². The first-order chi connectivity index (χ1) is 5.59. The monoisotopic (exact) mass is 165 g/mol. The van der Waals surface area contributed by atoms with Gasteiger partial charge in [0.25, 0.3) is 0 Å². The maximum Gasteiger partial charge on any atom is 0.0166 e. The van der Waals surface area contributed by atoms with Crippen LogP contribution < -0.4 is 0 Å². The predicted octanol–water partition coefficient (Wildman–Crippen LogP) is 2.29. The van der Waals surface area contributed by atoms with Gasteiger partial charge >= 0.3 is 0 Å². The Bertz CT molecular complexity index is 215. The highest BCUT2D eigenvalue weighted by atomic mass is 15.1. The van der Waals surface area contributed by atoms with Gasteiger partial charge in [-0.15, -0.1) is 0 Å². The molecular weight excluding hydrogens is 146 g/mol. The molecule has 1 nitrogen and oxygen atoms in total. The highest BCUT2D eigenvalue weighted by Crippen LogP contribution is 2.41. The molecule has 2 heterocycles. The Hall–Kier alpha value is -0.300.